The molecule has 1 aromatic carbocycles. The summed E-state index contributed by atoms with van der Waals surface area (Å²) in [7, 11) is 1.67. The molecule has 1 atom stereocenters. The number of benzene rings is 1. The van der Waals surface area contributed by atoms with E-state index in [0.29, 0.717) is 24.6 Å². The molecule has 0 bridgehead atoms. The first kappa shape index (κ1) is 20.9. The molecule has 1 amide bonds. The number of methoxy groups -OCH3 is 1. The van der Waals surface area contributed by atoms with E-state index in [-0.39, 0.29) is 5.91 Å². The highest BCUT2D eigenvalue weighted by Gasteiger charge is 2.26. The second-order valence-corrected chi connectivity index (χ2v) is 9.65. The van der Waals surface area contributed by atoms with Gasteiger partial charge in [0.15, 0.2) is 0 Å². The molecule has 3 aromatic rings. The summed E-state index contributed by atoms with van der Waals surface area (Å²) in [6, 6.07) is 7.93. The highest BCUT2D eigenvalue weighted by atomic mass is 32.1. The SMILES string of the molecule is COc1cccc(-c2nc3c(s2)CN(C(=O)c2cnc(N4CCC[C@H](C)C4)nc2)CC3)c1. The Labute approximate surface area is 192 Å². The van der Waals surface area contributed by atoms with Crippen molar-refractivity contribution in [3.05, 3.63) is 52.8 Å². The Balaban J connectivity index is 1.29. The van der Waals surface area contributed by atoms with Crippen LogP contribution in [0, 0.1) is 5.92 Å². The van der Waals surface area contributed by atoms with Crippen molar-refractivity contribution >= 4 is 23.2 Å². The number of aromatic nitrogens is 3. The average Bonchev–Trinajstić information content (AvgIpc) is 3.27. The molecule has 0 aliphatic carbocycles. The number of carbonyl (C=O) groups excluding carboxylic acids is 1. The van der Waals surface area contributed by atoms with Crippen molar-refractivity contribution in [2.45, 2.75) is 32.7 Å². The van der Waals surface area contributed by atoms with Crippen LogP contribution >= 0.6 is 11.3 Å². The van der Waals surface area contributed by atoms with Crippen LogP contribution in [0.2, 0.25) is 0 Å². The van der Waals surface area contributed by atoms with Gasteiger partial charge in [0.25, 0.3) is 5.91 Å². The van der Waals surface area contributed by atoms with Crippen molar-refractivity contribution in [2.24, 2.45) is 5.92 Å². The normalized spacial score (nSPS) is 18.4. The third-order valence-corrected chi connectivity index (χ3v) is 7.29. The molecule has 0 unspecified atom stereocenters. The highest BCUT2D eigenvalue weighted by Crippen LogP contribution is 2.33. The average molecular weight is 450 g/mol. The summed E-state index contributed by atoms with van der Waals surface area (Å²) in [4.78, 5) is 32.2. The Bertz CT molecular complexity index is 1110. The van der Waals surface area contributed by atoms with Gasteiger partial charge in [0, 0.05) is 48.9 Å². The van der Waals surface area contributed by atoms with E-state index >= 15 is 0 Å². The molecule has 2 aliphatic heterocycles. The number of anilines is 1. The maximum atomic E-state index is 13.1. The van der Waals surface area contributed by atoms with Crippen molar-refractivity contribution in [3.63, 3.8) is 0 Å². The Morgan fingerprint density at radius 1 is 1.22 bits per heavy atom. The number of hydrogen-bond acceptors (Lipinski definition) is 7. The summed E-state index contributed by atoms with van der Waals surface area (Å²) in [5.41, 5.74) is 2.67. The van der Waals surface area contributed by atoms with Crippen LogP contribution in [-0.2, 0) is 13.0 Å². The van der Waals surface area contributed by atoms with E-state index in [4.69, 9.17) is 9.72 Å². The number of carbonyl (C=O) groups is 1. The predicted octanol–water partition coefficient (Wildman–Crippen LogP) is 4.04. The van der Waals surface area contributed by atoms with Gasteiger partial charge in [-0.25, -0.2) is 15.0 Å². The lowest BCUT2D eigenvalue weighted by atomic mass is 10.0. The van der Waals surface area contributed by atoms with E-state index in [0.717, 1.165) is 58.8 Å². The van der Waals surface area contributed by atoms with Gasteiger partial charge in [-0.2, -0.15) is 0 Å². The number of rotatable bonds is 4. The zero-order chi connectivity index (χ0) is 22.1. The lowest BCUT2D eigenvalue weighted by Crippen LogP contribution is -2.36. The minimum Gasteiger partial charge on any atom is -0.497 e. The molecular weight excluding hydrogens is 422 g/mol. The Hall–Kier alpha value is -3.00. The molecule has 2 aliphatic rings. The molecule has 1 saturated heterocycles. The zero-order valence-electron chi connectivity index (χ0n) is 18.5. The first-order valence-electron chi connectivity index (χ1n) is 11.1. The highest BCUT2D eigenvalue weighted by molar-refractivity contribution is 7.15. The number of amides is 1. The fraction of sp³-hybridized carbons (Fsp3) is 0.417. The van der Waals surface area contributed by atoms with Crippen LogP contribution < -0.4 is 9.64 Å². The van der Waals surface area contributed by atoms with Gasteiger partial charge < -0.3 is 14.5 Å². The molecule has 0 spiro atoms. The molecule has 5 rings (SSSR count). The fourth-order valence-electron chi connectivity index (χ4n) is 4.40. The summed E-state index contributed by atoms with van der Waals surface area (Å²) in [5.74, 6) is 2.16. The van der Waals surface area contributed by atoms with Crippen LogP contribution in [0.4, 0.5) is 5.95 Å². The zero-order valence-corrected chi connectivity index (χ0v) is 19.3. The van der Waals surface area contributed by atoms with Gasteiger partial charge in [0.2, 0.25) is 5.95 Å². The number of thiazole rings is 1. The summed E-state index contributed by atoms with van der Waals surface area (Å²) >= 11 is 1.65. The first-order valence-corrected chi connectivity index (χ1v) is 11.9. The van der Waals surface area contributed by atoms with Gasteiger partial charge in [-0.1, -0.05) is 19.1 Å². The van der Waals surface area contributed by atoms with E-state index in [2.05, 4.69) is 21.8 Å². The standard InChI is InChI=1S/C24H27N5O2S/c1-16-5-4-9-29(14-16)24-25-12-18(13-26-24)23(30)28-10-8-20-21(15-28)32-22(27-20)17-6-3-7-19(11-17)31-2/h3,6-7,11-13,16H,4-5,8-10,14-15H2,1-2H3/t16-/m0/s1. The largest absolute Gasteiger partial charge is 0.497 e. The predicted molar refractivity (Wildman–Crippen MR) is 125 cm³/mol. The number of piperidine rings is 1. The van der Waals surface area contributed by atoms with Crippen LogP contribution in [0.3, 0.4) is 0 Å². The number of fused-ring (bicyclic) bond motifs is 1. The van der Waals surface area contributed by atoms with E-state index in [9.17, 15) is 4.79 Å². The second-order valence-electron chi connectivity index (χ2n) is 8.56. The number of ether oxygens (including phenoxy) is 1. The molecule has 32 heavy (non-hydrogen) atoms. The maximum Gasteiger partial charge on any atom is 0.257 e. The van der Waals surface area contributed by atoms with E-state index in [1.807, 2.05) is 29.2 Å². The van der Waals surface area contributed by atoms with Crippen LogP contribution in [0.1, 0.15) is 40.7 Å². The minimum atomic E-state index is -0.0226. The van der Waals surface area contributed by atoms with Crippen molar-refractivity contribution in [2.75, 3.05) is 31.6 Å². The van der Waals surface area contributed by atoms with Crippen LogP contribution in [-0.4, -0.2) is 52.5 Å². The summed E-state index contributed by atoms with van der Waals surface area (Å²) in [6.07, 6.45) is 6.52. The molecular formula is C24H27N5O2S. The first-order chi connectivity index (χ1) is 15.6. The van der Waals surface area contributed by atoms with Crippen LogP contribution in [0.5, 0.6) is 5.75 Å². The smallest absolute Gasteiger partial charge is 0.257 e. The summed E-state index contributed by atoms with van der Waals surface area (Å²) in [5, 5.41) is 0.964. The van der Waals surface area contributed by atoms with Gasteiger partial charge in [0.05, 0.1) is 24.9 Å². The van der Waals surface area contributed by atoms with Crippen molar-refractivity contribution in [3.8, 4) is 16.3 Å². The third-order valence-electron chi connectivity index (χ3n) is 6.16. The molecule has 0 saturated carbocycles. The fourth-order valence-corrected chi connectivity index (χ4v) is 5.52. The Morgan fingerprint density at radius 3 is 2.84 bits per heavy atom. The van der Waals surface area contributed by atoms with Crippen LogP contribution in [0.15, 0.2) is 36.7 Å². The summed E-state index contributed by atoms with van der Waals surface area (Å²) in [6.45, 7) is 5.43. The second kappa shape index (κ2) is 8.86. The van der Waals surface area contributed by atoms with E-state index < -0.39 is 0 Å². The van der Waals surface area contributed by atoms with Crippen LogP contribution in [0.25, 0.3) is 10.6 Å². The third kappa shape index (κ3) is 4.19. The maximum absolute atomic E-state index is 13.1. The van der Waals surface area contributed by atoms with Gasteiger partial charge >= 0.3 is 0 Å². The molecule has 1 fully saturated rings. The van der Waals surface area contributed by atoms with Gasteiger partial charge in [-0.05, 0) is 30.9 Å². The molecule has 8 heteroatoms. The Kier molecular flexibility index (Phi) is 5.78. The number of nitrogens with zero attached hydrogens (tertiary/aromatic N) is 5. The van der Waals surface area contributed by atoms with E-state index in [1.54, 1.807) is 30.8 Å². The molecule has 166 valence electrons. The Morgan fingerprint density at radius 2 is 2.06 bits per heavy atom. The van der Waals surface area contributed by atoms with Crippen molar-refractivity contribution in [1.82, 2.24) is 19.9 Å². The van der Waals surface area contributed by atoms with Gasteiger partial charge in [0.1, 0.15) is 10.8 Å². The topological polar surface area (TPSA) is 71.5 Å². The lowest BCUT2D eigenvalue weighted by Gasteiger charge is -2.31. The quantitative estimate of drug-likeness (QED) is 0.599. The van der Waals surface area contributed by atoms with Gasteiger partial charge in [-0.15, -0.1) is 11.3 Å². The van der Waals surface area contributed by atoms with Gasteiger partial charge in [-0.3, -0.25) is 4.79 Å². The van der Waals surface area contributed by atoms with Crippen molar-refractivity contribution < 1.29 is 9.53 Å². The molecule has 0 radical (unpaired) electrons. The molecule has 7 nitrogen and oxygen atoms in total. The monoisotopic (exact) mass is 449 g/mol. The molecule has 4 heterocycles. The lowest BCUT2D eigenvalue weighted by molar-refractivity contribution is 0.0735. The molecule has 0 N–H and O–H groups in total. The summed E-state index contributed by atoms with van der Waals surface area (Å²) < 4.78 is 5.34. The van der Waals surface area contributed by atoms with Crippen molar-refractivity contribution in [1.29, 1.82) is 0 Å². The number of hydrogen-bond donors (Lipinski definition) is 0. The van der Waals surface area contributed by atoms with E-state index in [1.165, 1.54) is 6.42 Å². The molecule has 2 aromatic heterocycles. The minimum absolute atomic E-state index is 0.0226.